The molecule has 0 aliphatic carbocycles. The molecule has 0 radical (unpaired) electrons. The molecular formula is C13H15F3N2O2S. The number of alkyl halides is 3. The van der Waals surface area contributed by atoms with Crippen molar-refractivity contribution in [2.75, 3.05) is 13.6 Å². The van der Waals surface area contributed by atoms with Gasteiger partial charge in [0, 0.05) is 13.6 Å². The van der Waals surface area contributed by atoms with E-state index >= 15 is 0 Å². The second-order valence-electron chi connectivity index (χ2n) is 4.74. The number of halogens is 3. The molecule has 0 fully saturated rings. The quantitative estimate of drug-likeness (QED) is 0.857. The second kappa shape index (κ2) is 6.03. The van der Waals surface area contributed by atoms with Gasteiger partial charge in [0.1, 0.15) is 0 Å². The highest BCUT2D eigenvalue weighted by Crippen LogP contribution is 2.34. The van der Waals surface area contributed by atoms with Gasteiger partial charge in [-0.25, -0.2) is 8.42 Å². The Morgan fingerprint density at radius 3 is 2.43 bits per heavy atom. The minimum Gasteiger partial charge on any atom is -0.207 e. The molecule has 0 saturated heterocycles. The lowest BCUT2D eigenvalue weighted by molar-refractivity contribution is -0.138. The van der Waals surface area contributed by atoms with Crippen LogP contribution in [-0.4, -0.2) is 26.3 Å². The molecule has 0 aliphatic heterocycles. The monoisotopic (exact) mass is 320 g/mol. The van der Waals surface area contributed by atoms with E-state index < -0.39 is 32.6 Å². The van der Waals surface area contributed by atoms with Gasteiger partial charge in [-0.3, -0.25) is 0 Å². The highest BCUT2D eigenvalue weighted by atomic mass is 32.2. The number of sulfonamides is 1. The Balaban J connectivity index is 3.31. The van der Waals surface area contributed by atoms with Gasteiger partial charge in [-0.05, 0) is 31.5 Å². The van der Waals surface area contributed by atoms with E-state index in [9.17, 15) is 21.6 Å². The Hall–Kier alpha value is -1.59. The summed E-state index contributed by atoms with van der Waals surface area (Å²) in [6.45, 7) is 2.57. The largest absolute Gasteiger partial charge is 0.416 e. The van der Waals surface area contributed by atoms with Crippen molar-refractivity contribution in [3.05, 3.63) is 29.3 Å². The zero-order valence-electron chi connectivity index (χ0n) is 11.8. The van der Waals surface area contributed by atoms with Crippen LogP contribution in [0.5, 0.6) is 0 Å². The maximum atomic E-state index is 12.8. The molecule has 1 aromatic carbocycles. The van der Waals surface area contributed by atoms with Crippen molar-refractivity contribution < 1.29 is 21.6 Å². The zero-order chi connectivity index (χ0) is 16.4. The molecule has 0 aromatic heterocycles. The van der Waals surface area contributed by atoms with E-state index in [0.29, 0.717) is 0 Å². The maximum absolute atomic E-state index is 12.8. The summed E-state index contributed by atoms with van der Waals surface area (Å²) in [5.74, 6) is -0.559. The Morgan fingerprint density at radius 1 is 1.38 bits per heavy atom. The topological polar surface area (TPSA) is 61.2 Å². The molecule has 1 aromatic rings. The minimum atomic E-state index is -4.62. The van der Waals surface area contributed by atoms with Gasteiger partial charge in [-0.15, -0.1) is 0 Å². The van der Waals surface area contributed by atoms with E-state index in [1.165, 1.54) is 14.0 Å². The Kier molecular flexibility index (Phi) is 5.02. The first-order valence-electron chi connectivity index (χ1n) is 6.04. The summed E-state index contributed by atoms with van der Waals surface area (Å²) in [4.78, 5) is -0.398. The molecule has 0 N–H and O–H groups in total. The summed E-state index contributed by atoms with van der Waals surface area (Å²) in [7, 11) is -2.84. The number of hydrogen-bond donors (Lipinski definition) is 0. The summed E-state index contributed by atoms with van der Waals surface area (Å²) < 4.78 is 64.1. The van der Waals surface area contributed by atoms with E-state index in [4.69, 9.17) is 5.26 Å². The van der Waals surface area contributed by atoms with Crippen LogP contribution in [0.2, 0.25) is 0 Å². The van der Waals surface area contributed by atoms with Gasteiger partial charge in [0.25, 0.3) is 0 Å². The van der Waals surface area contributed by atoms with Crippen LogP contribution in [-0.2, 0) is 16.2 Å². The summed E-state index contributed by atoms with van der Waals surface area (Å²) in [6, 6.07) is 4.92. The van der Waals surface area contributed by atoms with Crippen LogP contribution in [0.3, 0.4) is 0 Å². The fraction of sp³-hybridized carbons (Fsp3) is 0.462. The summed E-state index contributed by atoms with van der Waals surface area (Å²) in [5.41, 5.74) is -1.33. The van der Waals surface area contributed by atoms with Gasteiger partial charge in [-0.2, -0.15) is 22.7 Å². The van der Waals surface area contributed by atoms with Crippen molar-refractivity contribution in [2.45, 2.75) is 24.9 Å². The van der Waals surface area contributed by atoms with Crippen LogP contribution in [0.4, 0.5) is 13.2 Å². The molecule has 0 amide bonds. The van der Waals surface area contributed by atoms with Crippen LogP contribution in [0.15, 0.2) is 23.1 Å². The molecule has 8 heteroatoms. The fourth-order valence-corrected chi connectivity index (χ4v) is 3.40. The van der Waals surface area contributed by atoms with Crippen molar-refractivity contribution in [1.82, 2.24) is 4.31 Å². The lowest BCUT2D eigenvalue weighted by Crippen LogP contribution is -2.31. The van der Waals surface area contributed by atoms with Crippen molar-refractivity contribution >= 4 is 10.0 Å². The van der Waals surface area contributed by atoms with Gasteiger partial charge in [0.2, 0.25) is 10.0 Å². The molecule has 4 nitrogen and oxygen atoms in total. The van der Waals surface area contributed by atoms with E-state index in [-0.39, 0.29) is 12.1 Å². The van der Waals surface area contributed by atoms with Gasteiger partial charge in [0.05, 0.1) is 22.4 Å². The van der Waals surface area contributed by atoms with Crippen LogP contribution in [0, 0.1) is 24.2 Å². The molecule has 1 unspecified atom stereocenters. The number of benzene rings is 1. The molecule has 1 rings (SSSR count). The number of nitriles is 1. The number of rotatable bonds is 4. The molecule has 116 valence electrons. The average Bonchev–Trinajstić information content (AvgIpc) is 2.36. The molecule has 0 saturated carbocycles. The fourth-order valence-electron chi connectivity index (χ4n) is 1.89. The standard InChI is InChI=1S/C13H15F3N2O2S/c1-9(7-17)8-18(3)21(19,20)12-6-4-5-11(10(12)2)13(14,15)16/h4-6,9H,8H2,1-3H3. The summed E-state index contributed by atoms with van der Waals surface area (Å²) in [6.07, 6.45) is -4.62. The Morgan fingerprint density at radius 2 is 1.95 bits per heavy atom. The predicted octanol–water partition coefficient (Wildman–Crippen LogP) is 2.79. The van der Waals surface area contributed by atoms with E-state index in [2.05, 4.69) is 0 Å². The third kappa shape index (κ3) is 3.74. The first-order chi connectivity index (χ1) is 9.51. The number of nitrogens with zero attached hydrogens (tertiary/aromatic N) is 2. The van der Waals surface area contributed by atoms with Crippen LogP contribution in [0.1, 0.15) is 18.1 Å². The van der Waals surface area contributed by atoms with Gasteiger partial charge in [-0.1, -0.05) is 6.07 Å². The lowest BCUT2D eigenvalue weighted by atomic mass is 10.1. The smallest absolute Gasteiger partial charge is 0.207 e. The Bertz CT molecular complexity index is 663. The Labute approximate surface area is 121 Å². The van der Waals surface area contributed by atoms with E-state index in [0.717, 1.165) is 29.4 Å². The van der Waals surface area contributed by atoms with Crippen LogP contribution < -0.4 is 0 Å². The average molecular weight is 320 g/mol. The summed E-state index contributed by atoms with van der Waals surface area (Å²) >= 11 is 0. The maximum Gasteiger partial charge on any atom is 0.416 e. The van der Waals surface area contributed by atoms with Gasteiger partial charge < -0.3 is 0 Å². The zero-order valence-corrected chi connectivity index (χ0v) is 12.6. The van der Waals surface area contributed by atoms with Gasteiger partial charge in [0.15, 0.2) is 0 Å². The molecule has 0 heterocycles. The van der Waals surface area contributed by atoms with E-state index in [1.54, 1.807) is 0 Å². The third-order valence-corrected chi connectivity index (χ3v) is 5.00. The second-order valence-corrected chi connectivity index (χ2v) is 6.76. The summed E-state index contributed by atoms with van der Waals surface area (Å²) in [5, 5.41) is 8.71. The van der Waals surface area contributed by atoms with Crippen molar-refractivity contribution in [2.24, 2.45) is 5.92 Å². The minimum absolute atomic E-state index is 0.0888. The SMILES string of the molecule is Cc1c(C(F)(F)F)cccc1S(=O)(=O)N(C)CC(C)C#N. The molecule has 0 spiro atoms. The molecular weight excluding hydrogens is 305 g/mol. The van der Waals surface area contributed by atoms with E-state index in [1.807, 2.05) is 6.07 Å². The van der Waals surface area contributed by atoms with Crippen molar-refractivity contribution in [3.8, 4) is 6.07 Å². The number of hydrogen-bond acceptors (Lipinski definition) is 3. The molecule has 1 atom stereocenters. The lowest BCUT2D eigenvalue weighted by Gasteiger charge is -2.21. The molecule has 0 bridgehead atoms. The van der Waals surface area contributed by atoms with Crippen LogP contribution in [0.25, 0.3) is 0 Å². The normalized spacial score (nSPS) is 14.0. The molecule has 0 aliphatic rings. The van der Waals surface area contributed by atoms with Crippen molar-refractivity contribution in [1.29, 1.82) is 5.26 Å². The highest BCUT2D eigenvalue weighted by Gasteiger charge is 2.35. The first-order valence-corrected chi connectivity index (χ1v) is 7.48. The van der Waals surface area contributed by atoms with Gasteiger partial charge >= 0.3 is 6.18 Å². The highest BCUT2D eigenvalue weighted by molar-refractivity contribution is 7.89. The van der Waals surface area contributed by atoms with Crippen molar-refractivity contribution in [3.63, 3.8) is 0 Å². The molecule has 21 heavy (non-hydrogen) atoms. The predicted molar refractivity (Wildman–Crippen MR) is 70.8 cm³/mol. The van der Waals surface area contributed by atoms with Crippen LogP contribution >= 0.6 is 0 Å². The third-order valence-electron chi connectivity index (χ3n) is 3.03. The first kappa shape index (κ1) is 17.5.